The summed E-state index contributed by atoms with van der Waals surface area (Å²) in [6.07, 6.45) is 3.39. The highest BCUT2D eigenvalue weighted by Gasteiger charge is 2.22. The van der Waals surface area contributed by atoms with Gasteiger partial charge in [0.25, 0.3) is 5.91 Å². The molecule has 0 saturated carbocycles. The highest BCUT2D eigenvalue weighted by atomic mass is 19.1. The fourth-order valence-corrected chi connectivity index (χ4v) is 3.09. The molecule has 6 heteroatoms. The van der Waals surface area contributed by atoms with E-state index in [4.69, 9.17) is 9.84 Å². The van der Waals surface area contributed by atoms with Crippen molar-refractivity contribution in [1.82, 2.24) is 0 Å². The molecular weight excluding hydrogens is 325 g/mol. The first-order chi connectivity index (χ1) is 12.0. The molecule has 0 bridgehead atoms. The number of carbonyl (C=O) groups excluding carboxylic acids is 1. The highest BCUT2D eigenvalue weighted by molar-refractivity contribution is 6.05. The summed E-state index contributed by atoms with van der Waals surface area (Å²) in [5.74, 6) is -1.26. The summed E-state index contributed by atoms with van der Waals surface area (Å²) >= 11 is 0. The molecule has 0 radical (unpaired) electrons. The topological polar surface area (TPSA) is 75.6 Å². The normalized spacial score (nSPS) is 13.0. The van der Waals surface area contributed by atoms with Gasteiger partial charge >= 0.3 is 5.97 Å². The van der Waals surface area contributed by atoms with E-state index < -0.39 is 18.4 Å². The molecule has 130 valence electrons. The second-order valence-electron chi connectivity index (χ2n) is 5.92. The number of benzene rings is 2. The van der Waals surface area contributed by atoms with Gasteiger partial charge in [-0.3, -0.25) is 4.79 Å². The number of carbonyl (C=O) groups is 2. The van der Waals surface area contributed by atoms with Gasteiger partial charge in [0.1, 0.15) is 11.6 Å². The highest BCUT2D eigenvalue weighted by Crippen LogP contribution is 2.32. The molecule has 0 atom stereocenters. The molecule has 25 heavy (non-hydrogen) atoms. The largest absolute Gasteiger partial charge is 0.482 e. The van der Waals surface area contributed by atoms with Gasteiger partial charge in [-0.25, -0.2) is 9.18 Å². The maximum absolute atomic E-state index is 13.3. The van der Waals surface area contributed by atoms with Crippen LogP contribution in [-0.4, -0.2) is 23.6 Å². The Morgan fingerprint density at radius 2 is 1.88 bits per heavy atom. The zero-order valence-corrected chi connectivity index (χ0v) is 13.5. The van der Waals surface area contributed by atoms with E-state index in [-0.39, 0.29) is 5.91 Å². The van der Waals surface area contributed by atoms with Crippen molar-refractivity contribution in [3.8, 4) is 5.75 Å². The van der Waals surface area contributed by atoms with Crippen LogP contribution in [0.2, 0.25) is 0 Å². The Labute approximate surface area is 144 Å². The molecule has 2 N–H and O–H groups in total. The van der Waals surface area contributed by atoms with Gasteiger partial charge in [0.2, 0.25) is 0 Å². The SMILES string of the molecule is O=C(O)COc1ccc(C(=O)Nc2cccc(F)c2)c2c1CCCC2. The van der Waals surface area contributed by atoms with Crippen molar-refractivity contribution < 1.29 is 23.8 Å². The predicted octanol–water partition coefficient (Wildman–Crippen LogP) is 3.42. The van der Waals surface area contributed by atoms with Crippen LogP contribution in [0.4, 0.5) is 10.1 Å². The van der Waals surface area contributed by atoms with Gasteiger partial charge in [-0.1, -0.05) is 6.07 Å². The molecule has 2 aromatic rings. The zero-order chi connectivity index (χ0) is 17.8. The molecule has 1 amide bonds. The minimum absolute atomic E-state index is 0.312. The molecule has 0 spiro atoms. The van der Waals surface area contributed by atoms with Gasteiger partial charge in [-0.05, 0) is 67.1 Å². The van der Waals surface area contributed by atoms with Gasteiger partial charge in [0, 0.05) is 11.3 Å². The Morgan fingerprint density at radius 1 is 1.12 bits per heavy atom. The molecular formula is C19H18FNO4. The van der Waals surface area contributed by atoms with Crippen LogP contribution in [0.5, 0.6) is 5.75 Å². The number of anilines is 1. The Kier molecular flexibility index (Phi) is 4.97. The average Bonchev–Trinajstić information content (AvgIpc) is 2.59. The van der Waals surface area contributed by atoms with Crippen LogP contribution in [0.15, 0.2) is 36.4 Å². The lowest BCUT2D eigenvalue weighted by molar-refractivity contribution is -0.139. The minimum atomic E-state index is -1.04. The molecule has 0 heterocycles. The average molecular weight is 343 g/mol. The molecule has 3 rings (SSSR count). The summed E-state index contributed by atoms with van der Waals surface area (Å²) in [7, 11) is 0. The third-order valence-corrected chi connectivity index (χ3v) is 4.17. The van der Waals surface area contributed by atoms with Crippen molar-refractivity contribution in [3.05, 3.63) is 58.9 Å². The van der Waals surface area contributed by atoms with Gasteiger partial charge in [-0.15, -0.1) is 0 Å². The van der Waals surface area contributed by atoms with E-state index in [1.165, 1.54) is 18.2 Å². The number of nitrogens with one attached hydrogen (secondary N) is 1. The van der Waals surface area contributed by atoms with Crippen molar-refractivity contribution in [3.63, 3.8) is 0 Å². The Hall–Kier alpha value is -2.89. The van der Waals surface area contributed by atoms with Gasteiger partial charge in [0.05, 0.1) is 0 Å². The van der Waals surface area contributed by atoms with Gasteiger partial charge < -0.3 is 15.2 Å². The maximum atomic E-state index is 13.3. The summed E-state index contributed by atoms with van der Waals surface area (Å²) in [6.45, 7) is -0.415. The second-order valence-corrected chi connectivity index (χ2v) is 5.92. The van der Waals surface area contributed by atoms with E-state index in [0.29, 0.717) is 17.0 Å². The van der Waals surface area contributed by atoms with Crippen molar-refractivity contribution in [2.75, 3.05) is 11.9 Å². The third kappa shape index (κ3) is 3.96. The standard InChI is InChI=1S/C19H18FNO4/c20-12-4-3-5-13(10-12)21-19(24)16-8-9-17(25-11-18(22)23)15-7-2-1-6-14(15)16/h3-5,8-10H,1-2,6-7,11H2,(H,21,24)(H,22,23). The molecule has 0 unspecified atom stereocenters. The van der Waals surface area contributed by atoms with E-state index >= 15 is 0 Å². The number of carboxylic acid groups (broad SMARTS) is 1. The lowest BCUT2D eigenvalue weighted by Crippen LogP contribution is -2.19. The minimum Gasteiger partial charge on any atom is -0.482 e. The van der Waals surface area contributed by atoms with E-state index in [0.717, 1.165) is 36.8 Å². The summed E-state index contributed by atoms with van der Waals surface area (Å²) in [5.41, 5.74) is 2.67. The third-order valence-electron chi connectivity index (χ3n) is 4.17. The van der Waals surface area contributed by atoms with Crippen LogP contribution in [0, 0.1) is 5.82 Å². The van der Waals surface area contributed by atoms with Crippen molar-refractivity contribution in [2.24, 2.45) is 0 Å². The van der Waals surface area contributed by atoms with Crippen LogP contribution < -0.4 is 10.1 Å². The Morgan fingerprint density at radius 3 is 2.60 bits per heavy atom. The molecule has 1 aliphatic rings. The van der Waals surface area contributed by atoms with E-state index in [9.17, 15) is 14.0 Å². The number of hydrogen-bond donors (Lipinski definition) is 2. The number of aliphatic carboxylic acids is 1. The Balaban J connectivity index is 1.88. The molecule has 0 aliphatic heterocycles. The monoisotopic (exact) mass is 343 g/mol. The van der Waals surface area contributed by atoms with Gasteiger partial charge in [0.15, 0.2) is 6.61 Å². The number of amides is 1. The number of hydrogen-bond acceptors (Lipinski definition) is 3. The van der Waals surface area contributed by atoms with Crippen LogP contribution in [0.25, 0.3) is 0 Å². The van der Waals surface area contributed by atoms with Crippen LogP contribution in [-0.2, 0) is 17.6 Å². The van der Waals surface area contributed by atoms with Crippen LogP contribution >= 0.6 is 0 Å². The summed E-state index contributed by atoms with van der Waals surface area (Å²) < 4.78 is 18.6. The number of ether oxygens (including phenoxy) is 1. The van der Waals surface area contributed by atoms with Crippen molar-refractivity contribution in [2.45, 2.75) is 25.7 Å². The van der Waals surface area contributed by atoms with E-state index in [1.807, 2.05) is 0 Å². The molecule has 1 aliphatic carbocycles. The number of fused-ring (bicyclic) bond motifs is 1. The molecule has 2 aromatic carbocycles. The van der Waals surface area contributed by atoms with Crippen molar-refractivity contribution in [1.29, 1.82) is 0 Å². The van der Waals surface area contributed by atoms with Crippen molar-refractivity contribution >= 4 is 17.6 Å². The summed E-state index contributed by atoms with van der Waals surface area (Å²) in [4.78, 5) is 23.3. The first-order valence-corrected chi connectivity index (χ1v) is 8.11. The molecule has 0 saturated heterocycles. The predicted molar refractivity (Wildman–Crippen MR) is 90.6 cm³/mol. The molecule has 5 nitrogen and oxygen atoms in total. The van der Waals surface area contributed by atoms with E-state index in [1.54, 1.807) is 18.2 Å². The first-order valence-electron chi connectivity index (χ1n) is 8.11. The summed E-state index contributed by atoms with van der Waals surface area (Å²) in [5, 5.41) is 11.5. The zero-order valence-electron chi connectivity index (χ0n) is 13.5. The smallest absolute Gasteiger partial charge is 0.341 e. The van der Waals surface area contributed by atoms with Crippen LogP contribution in [0.1, 0.15) is 34.3 Å². The second kappa shape index (κ2) is 7.34. The first kappa shape index (κ1) is 17.0. The fourth-order valence-electron chi connectivity index (χ4n) is 3.09. The van der Waals surface area contributed by atoms with E-state index in [2.05, 4.69) is 5.32 Å². The van der Waals surface area contributed by atoms with Crippen LogP contribution in [0.3, 0.4) is 0 Å². The maximum Gasteiger partial charge on any atom is 0.341 e. The molecule has 0 fully saturated rings. The lowest BCUT2D eigenvalue weighted by Gasteiger charge is -2.22. The molecule has 0 aromatic heterocycles. The number of halogens is 1. The summed E-state index contributed by atoms with van der Waals surface area (Å²) in [6, 6.07) is 8.99. The number of carboxylic acids is 1. The van der Waals surface area contributed by atoms with Gasteiger partial charge in [-0.2, -0.15) is 0 Å². The fraction of sp³-hybridized carbons (Fsp3) is 0.263. The Bertz CT molecular complexity index is 819. The lowest BCUT2D eigenvalue weighted by atomic mass is 9.87. The quantitative estimate of drug-likeness (QED) is 0.872. The number of rotatable bonds is 5.